The van der Waals surface area contributed by atoms with Crippen LogP contribution >= 0.6 is 36.7 Å². The van der Waals surface area contributed by atoms with E-state index in [4.69, 9.17) is 99.2 Å². The molecule has 0 bridgehead atoms. The van der Waals surface area contributed by atoms with Gasteiger partial charge < -0.3 is 72.6 Å². The van der Waals surface area contributed by atoms with Crippen molar-refractivity contribution in [1.29, 1.82) is 0 Å². The van der Waals surface area contributed by atoms with Gasteiger partial charge in [0.25, 0.3) is 27.0 Å². The van der Waals surface area contributed by atoms with Gasteiger partial charge in [-0.3, -0.25) is 56.7 Å². The highest BCUT2D eigenvalue weighted by Crippen LogP contribution is 2.53. The van der Waals surface area contributed by atoms with Crippen LogP contribution in [0.1, 0.15) is 204 Å². The third-order valence-corrected chi connectivity index (χ3v) is 61.2. The number of thiocarbonyl (C=S) groups is 3. The van der Waals surface area contributed by atoms with E-state index in [-0.39, 0.29) is 121 Å². The van der Waals surface area contributed by atoms with Crippen molar-refractivity contribution in [3.63, 3.8) is 0 Å². The summed E-state index contributed by atoms with van der Waals surface area (Å²) in [6.07, 6.45) is 12.4. The quantitative estimate of drug-likeness (QED) is 0.0487. The highest BCUT2D eigenvalue weighted by molar-refractivity contribution is 7.91. The number of imidazole rings is 3. The molecular formula is C84H139N13O25S5Si6. The number of fused-ring (bicyclic) bond motifs is 3. The number of rotatable bonds is 17. The van der Waals surface area contributed by atoms with Crippen molar-refractivity contribution in [1.82, 2.24) is 62.2 Å². The van der Waals surface area contributed by atoms with Crippen LogP contribution in [0.3, 0.4) is 0 Å². The van der Waals surface area contributed by atoms with Crippen molar-refractivity contribution in [3.05, 3.63) is 155 Å². The van der Waals surface area contributed by atoms with Gasteiger partial charge in [0.1, 0.15) is 71.5 Å². The summed E-state index contributed by atoms with van der Waals surface area (Å²) in [5.74, 6) is 0.789. The minimum Gasteiger partial charge on any atom is -0.460 e. The van der Waals surface area contributed by atoms with Crippen molar-refractivity contribution in [2.75, 3.05) is 55.9 Å². The molecule has 8 saturated heterocycles. The molecule has 8 aliphatic rings. The maximum absolute atomic E-state index is 13.0. The fourth-order valence-corrected chi connectivity index (χ4v) is 55.7. The highest BCUT2D eigenvalue weighted by atomic mass is 32.2. The predicted molar refractivity (Wildman–Crippen MR) is 526 cm³/mol. The van der Waals surface area contributed by atoms with E-state index < -0.39 is 178 Å². The molecule has 6 aromatic heterocycles. The van der Waals surface area contributed by atoms with Gasteiger partial charge in [0.2, 0.25) is 0 Å². The number of aromatic nitrogens is 12. The van der Waals surface area contributed by atoms with Crippen molar-refractivity contribution >= 4 is 123 Å². The number of aromatic amines is 3. The van der Waals surface area contributed by atoms with E-state index in [2.05, 4.69) is 196 Å². The van der Waals surface area contributed by atoms with Gasteiger partial charge in [-0.15, -0.1) is 0 Å². The van der Waals surface area contributed by atoms with Gasteiger partial charge in [0.05, 0.1) is 42.8 Å². The maximum atomic E-state index is 13.0. The minimum absolute atomic E-state index is 0.0292. The molecule has 133 heavy (non-hydrogen) atoms. The lowest BCUT2D eigenvalue weighted by atomic mass is 10.1. The average molecular weight is 2060 g/mol. The second-order valence-corrected chi connectivity index (χ2v) is 70.9. The molecule has 0 spiro atoms. The lowest BCUT2D eigenvalue weighted by Crippen LogP contribution is -2.66. The zero-order valence-corrected chi connectivity index (χ0v) is 90.8. The first-order valence-corrected chi connectivity index (χ1v) is 62.7. The summed E-state index contributed by atoms with van der Waals surface area (Å²) in [6.45, 7) is 52.1. The molecule has 14 rings (SSSR count). The van der Waals surface area contributed by atoms with Crippen LogP contribution in [-0.4, -0.2) is 262 Å². The number of hydrogen-bond donors (Lipinski definition) is 4. The van der Waals surface area contributed by atoms with Crippen molar-refractivity contribution in [2.45, 2.75) is 326 Å². The smallest absolute Gasteiger partial charge is 0.335 e. The lowest BCUT2D eigenvalue weighted by molar-refractivity contribution is -0.0600. The summed E-state index contributed by atoms with van der Waals surface area (Å²) in [6, 6.07) is 3.75. The number of nitrogens with zero attached hydrogens (tertiary/aromatic N) is 10. The van der Waals surface area contributed by atoms with E-state index in [1.165, 1.54) is 56.8 Å². The number of ether oxygens (including phenoxy) is 5. The monoisotopic (exact) mass is 2060 g/mol. The van der Waals surface area contributed by atoms with Crippen molar-refractivity contribution in [3.8, 4) is 0 Å². The standard InChI is InChI=1S/C26H45N3O9S2Si2.C25H40N4O7SSi2.C21H38N2O7Si2.C7H6N4S.C5H10O2S/c1-16(2)41(17(3)4)34-15-20-22(37-42(38-41,18(5)6)19(7)8)23(24(35-20)29-10-9-21(30)27-25(29)31)36-26(39)28-11-13-40(32,33)14-12-28;1-15(2)38(16(3)4)32-13-19-21(35-39(36-38,17(5)6)18(7)8)22(34-25(37)28-12-10-26-14-28)23(33-19)29-11-9-20(30)27-24(29)31;1-12(2)31(13(3)4)27-11-16-19(29-32(30-31,14(5)6)15(7)8)18(25)20(28-16)23-10-9-17(24)22-21(23)26;12-7(10-3-1-8-5-10)11-4-2-9-6-11;6-8(7)4-2-1-3-5-8/h9-10,16-20,22-24H,11-15H2,1-8H3,(H,27,30,31);9-12,14-19,21-23H,13H2,1-8H3,(H,27,30,31);9-10,12-16,18-20,25H,11H2,1-8H3,(H,22,24,26);1-6H;1-5H2/t20-,22?,23+,24-;19-,21?,22+,23-;16-,18+,19?,20-;;/m111../s1. The number of H-pyrrole nitrogens is 3. The number of aliphatic hydroxyl groups is 1. The third kappa shape index (κ3) is 24.2. The van der Waals surface area contributed by atoms with Crippen LogP contribution in [0.4, 0.5) is 0 Å². The normalized spacial score (nSPS) is 26.7. The van der Waals surface area contributed by atoms with E-state index in [0.29, 0.717) is 16.6 Å². The molecule has 8 aliphatic heterocycles. The van der Waals surface area contributed by atoms with Crippen LogP contribution in [0.2, 0.25) is 66.5 Å². The van der Waals surface area contributed by atoms with E-state index in [1.807, 2.05) is 0 Å². The lowest BCUT2D eigenvalue weighted by Gasteiger charge is -2.51. The Morgan fingerprint density at radius 3 is 0.970 bits per heavy atom. The first-order valence-electron chi connectivity index (χ1n) is 46.0. The largest absolute Gasteiger partial charge is 0.460 e. The van der Waals surface area contributed by atoms with E-state index >= 15 is 0 Å². The number of nitrogens with one attached hydrogen (secondary N) is 3. The summed E-state index contributed by atoms with van der Waals surface area (Å²) in [4.78, 5) is 93.8. The zero-order chi connectivity index (χ0) is 98.3. The van der Waals surface area contributed by atoms with Gasteiger partial charge >= 0.3 is 68.4 Å². The SMILES string of the molecule is CC(C)[Si]1(C(C)C)OC[C@H]2O[C@@H](n3ccc(=O)[nH]c3=O)[C@@H](O)C2O[Si](C(C)C)(C(C)C)O1.CC(C)[Si]1(C(C)C)OC[C@H]2O[C@@H](n3ccc(=O)[nH]c3=O)[C@@H](OC(=S)N3CCS(=O)(=O)CC3)C2O[Si](C(C)C)(C(C)C)O1.CC(C)[Si]1(C(C)C)OC[C@H]2O[C@@H](n3ccc(=O)[nH]c3=O)[C@@H](OC(=S)n3ccnc3)C2O[Si](C(C)C)(C(C)C)O1.O=S1(=O)CCCCC1.S=C(n1ccnc1)n1ccnc1. The summed E-state index contributed by atoms with van der Waals surface area (Å²) in [5.41, 5.74) is -2.02. The molecule has 49 heteroatoms. The van der Waals surface area contributed by atoms with Gasteiger partial charge in [-0.25, -0.2) is 46.2 Å². The molecule has 744 valence electrons. The summed E-state index contributed by atoms with van der Waals surface area (Å²) in [5, 5.41) is 12.1. The molecule has 0 saturated carbocycles. The van der Waals surface area contributed by atoms with Crippen molar-refractivity contribution < 1.29 is 84.5 Å². The van der Waals surface area contributed by atoms with E-state index in [0.717, 1.165) is 19.3 Å². The Balaban J connectivity index is 0.000000187. The van der Waals surface area contributed by atoms with Crippen LogP contribution in [0.15, 0.2) is 122 Å². The maximum Gasteiger partial charge on any atom is 0.335 e. The molecule has 0 aliphatic carbocycles. The molecule has 6 aromatic rings. The number of hydrogen-bond acceptors (Lipinski definition) is 31. The summed E-state index contributed by atoms with van der Waals surface area (Å²) >= 11 is 16.4. The summed E-state index contributed by atoms with van der Waals surface area (Å²) in [7, 11) is -23.1. The molecule has 0 amide bonds. The average Bonchev–Trinajstić information content (AvgIpc) is 1.72. The first-order chi connectivity index (χ1) is 62.3. The van der Waals surface area contributed by atoms with Gasteiger partial charge in [-0.1, -0.05) is 173 Å². The molecular weight excluding hydrogens is 1920 g/mol. The highest BCUT2D eigenvalue weighted by Gasteiger charge is 2.67. The molecule has 14 heterocycles. The fraction of sp³-hybridized carbons (Fsp3) is 0.714. The number of sulfone groups is 2. The van der Waals surface area contributed by atoms with Crippen LogP contribution in [0.25, 0.3) is 0 Å². The van der Waals surface area contributed by atoms with Gasteiger partial charge in [0, 0.05) is 87.1 Å². The van der Waals surface area contributed by atoms with Crippen LogP contribution in [0, 0.1) is 0 Å². The Labute approximate surface area is 801 Å². The fourth-order valence-electron chi connectivity index (χ4n) is 18.6. The Morgan fingerprint density at radius 1 is 0.391 bits per heavy atom. The molecule has 12 atom stereocenters. The zero-order valence-electron chi connectivity index (χ0n) is 80.8. The van der Waals surface area contributed by atoms with E-state index in [1.54, 1.807) is 68.4 Å². The molecule has 3 unspecified atom stereocenters. The second-order valence-electron chi connectivity index (χ2n) is 38.7. The Morgan fingerprint density at radius 2 is 0.677 bits per heavy atom. The molecule has 4 N–H and O–H groups in total. The number of aliphatic hydroxyl groups excluding tert-OH is 1. The molecule has 0 radical (unpaired) electrons. The molecule has 8 fully saturated rings. The van der Waals surface area contributed by atoms with Gasteiger partial charge in [-0.2, -0.15) is 0 Å². The third-order valence-electron chi connectivity index (χ3n) is 25.9. The van der Waals surface area contributed by atoms with Crippen LogP contribution in [0.5, 0.6) is 0 Å². The van der Waals surface area contributed by atoms with E-state index in [9.17, 15) is 50.7 Å². The van der Waals surface area contributed by atoms with Crippen LogP contribution in [-0.2, 0) is 82.3 Å². The first kappa shape index (κ1) is 109. The van der Waals surface area contributed by atoms with Crippen molar-refractivity contribution in [2.24, 2.45) is 0 Å². The predicted octanol–water partition coefficient (Wildman–Crippen LogP) is 10.7. The van der Waals surface area contributed by atoms with Gasteiger partial charge in [-0.05, 0) is 116 Å². The van der Waals surface area contributed by atoms with Crippen LogP contribution < -0.4 is 33.7 Å². The second kappa shape index (κ2) is 45.1. The molecule has 38 nitrogen and oxygen atoms in total. The Bertz CT molecular complexity index is 5380. The summed E-state index contributed by atoms with van der Waals surface area (Å²) < 4.78 is 149. The minimum atomic E-state index is -3.14. The molecule has 0 aromatic carbocycles. The Kier molecular flexibility index (Phi) is 37.0. The van der Waals surface area contributed by atoms with Gasteiger partial charge in [0.15, 0.2) is 45.8 Å². The Hall–Kier alpha value is -5.98. The topological polar surface area (TPSA) is 439 Å².